The van der Waals surface area contributed by atoms with Gasteiger partial charge in [-0.15, -0.1) is 0 Å². The van der Waals surface area contributed by atoms with Crippen molar-refractivity contribution in [2.24, 2.45) is 5.92 Å². The van der Waals surface area contributed by atoms with Crippen LogP contribution in [0.15, 0.2) is 24.3 Å². The summed E-state index contributed by atoms with van der Waals surface area (Å²) >= 11 is 0. The SMILES string of the molecule is CN1CCN([C@H]2CCN(C(=O)Cc3cccc(O)c3)C[C@H]2CCCO)CC1. The average molecular weight is 376 g/mol. The van der Waals surface area contributed by atoms with E-state index in [0.29, 0.717) is 18.4 Å². The fourth-order valence-electron chi connectivity index (χ4n) is 4.47. The van der Waals surface area contributed by atoms with Gasteiger partial charge in [-0.3, -0.25) is 9.69 Å². The van der Waals surface area contributed by atoms with Crippen LogP contribution >= 0.6 is 0 Å². The first-order valence-corrected chi connectivity index (χ1v) is 10.2. The Kier molecular flexibility index (Phi) is 7.10. The van der Waals surface area contributed by atoms with Crippen LogP contribution in [0.5, 0.6) is 5.75 Å². The van der Waals surface area contributed by atoms with Gasteiger partial charge in [-0.2, -0.15) is 0 Å². The number of likely N-dealkylation sites (tertiary alicyclic amines) is 1. The van der Waals surface area contributed by atoms with Gasteiger partial charge in [-0.25, -0.2) is 0 Å². The summed E-state index contributed by atoms with van der Waals surface area (Å²) in [5, 5.41) is 18.9. The second-order valence-corrected chi connectivity index (χ2v) is 8.01. The van der Waals surface area contributed by atoms with E-state index in [1.807, 2.05) is 11.0 Å². The van der Waals surface area contributed by atoms with Gasteiger partial charge in [0.2, 0.25) is 5.91 Å². The van der Waals surface area contributed by atoms with Gasteiger partial charge in [0, 0.05) is 51.9 Å². The number of carbonyl (C=O) groups excluding carboxylic acids is 1. The van der Waals surface area contributed by atoms with E-state index in [1.165, 1.54) is 0 Å². The Morgan fingerprint density at radius 2 is 1.96 bits per heavy atom. The molecular weight excluding hydrogens is 342 g/mol. The Morgan fingerprint density at radius 1 is 1.19 bits per heavy atom. The fraction of sp³-hybridized carbons (Fsp3) is 0.667. The van der Waals surface area contributed by atoms with Crippen LogP contribution in [0.1, 0.15) is 24.8 Å². The number of benzene rings is 1. The summed E-state index contributed by atoms with van der Waals surface area (Å²) in [5.41, 5.74) is 0.855. The lowest BCUT2D eigenvalue weighted by molar-refractivity contribution is -0.133. The van der Waals surface area contributed by atoms with Crippen molar-refractivity contribution in [2.45, 2.75) is 31.7 Å². The number of piperazine rings is 1. The quantitative estimate of drug-likeness (QED) is 0.781. The molecule has 2 heterocycles. The van der Waals surface area contributed by atoms with Gasteiger partial charge in [-0.1, -0.05) is 12.1 Å². The van der Waals surface area contributed by atoms with Gasteiger partial charge in [0.1, 0.15) is 5.75 Å². The van der Waals surface area contributed by atoms with E-state index in [-0.39, 0.29) is 18.3 Å². The van der Waals surface area contributed by atoms with E-state index >= 15 is 0 Å². The van der Waals surface area contributed by atoms with E-state index in [4.69, 9.17) is 0 Å². The number of aromatic hydroxyl groups is 1. The molecule has 2 saturated heterocycles. The highest BCUT2D eigenvalue weighted by atomic mass is 16.3. The molecule has 0 unspecified atom stereocenters. The molecule has 0 saturated carbocycles. The summed E-state index contributed by atoms with van der Waals surface area (Å²) < 4.78 is 0. The summed E-state index contributed by atoms with van der Waals surface area (Å²) in [4.78, 5) is 19.7. The summed E-state index contributed by atoms with van der Waals surface area (Å²) in [5.74, 6) is 0.753. The normalized spacial score (nSPS) is 24.9. The van der Waals surface area contributed by atoms with Gasteiger partial charge < -0.3 is 20.0 Å². The first-order chi connectivity index (χ1) is 13.1. The third kappa shape index (κ3) is 5.43. The number of aliphatic hydroxyl groups is 1. The molecule has 2 fully saturated rings. The van der Waals surface area contributed by atoms with Gasteiger partial charge in [0.15, 0.2) is 0 Å². The van der Waals surface area contributed by atoms with Gasteiger partial charge >= 0.3 is 0 Å². The number of piperidine rings is 1. The second kappa shape index (κ2) is 9.53. The lowest BCUT2D eigenvalue weighted by Gasteiger charge is -2.46. The highest BCUT2D eigenvalue weighted by Crippen LogP contribution is 2.27. The number of aliphatic hydroxyl groups excluding tert-OH is 1. The van der Waals surface area contributed by atoms with Crippen molar-refractivity contribution in [1.82, 2.24) is 14.7 Å². The minimum Gasteiger partial charge on any atom is -0.508 e. The summed E-state index contributed by atoms with van der Waals surface area (Å²) in [7, 11) is 2.17. The Balaban J connectivity index is 1.61. The number of phenols is 1. The third-order valence-electron chi connectivity index (χ3n) is 6.05. The zero-order valence-corrected chi connectivity index (χ0v) is 16.4. The molecule has 0 aliphatic carbocycles. The van der Waals surface area contributed by atoms with Crippen LogP contribution in [0.25, 0.3) is 0 Å². The lowest BCUT2D eigenvalue weighted by Crippen LogP contribution is -2.57. The highest BCUT2D eigenvalue weighted by molar-refractivity contribution is 5.79. The third-order valence-corrected chi connectivity index (χ3v) is 6.05. The molecule has 0 radical (unpaired) electrons. The lowest BCUT2D eigenvalue weighted by atomic mass is 9.86. The van der Waals surface area contributed by atoms with Crippen LogP contribution in [0.3, 0.4) is 0 Å². The highest BCUT2D eigenvalue weighted by Gasteiger charge is 2.35. The Bertz CT molecular complexity index is 616. The van der Waals surface area contributed by atoms with Crippen LogP contribution in [0, 0.1) is 5.92 Å². The molecule has 27 heavy (non-hydrogen) atoms. The van der Waals surface area contributed by atoms with Crippen molar-refractivity contribution in [3.63, 3.8) is 0 Å². The maximum absolute atomic E-state index is 12.8. The summed E-state index contributed by atoms with van der Waals surface area (Å²) in [6.45, 7) is 6.16. The monoisotopic (exact) mass is 375 g/mol. The second-order valence-electron chi connectivity index (χ2n) is 8.01. The van der Waals surface area contributed by atoms with Crippen molar-refractivity contribution in [3.8, 4) is 5.75 Å². The topological polar surface area (TPSA) is 67.2 Å². The predicted molar refractivity (Wildman–Crippen MR) is 106 cm³/mol. The number of hydrogen-bond acceptors (Lipinski definition) is 5. The number of amides is 1. The average Bonchev–Trinajstić information content (AvgIpc) is 2.67. The number of rotatable bonds is 6. The molecule has 150 valence electrons. The molecular formula is C21H33N3O3. The van der Waals surface area contributed by atoms with Crippen molar-refractivity contribution >= 4 is 5.91 Å². The van der Waals surface area contributed by atoms with E-state index in [2.05, 4.69) is 16.8 Å². The van der Waals surface area contributed by atoms with E-state index in [9.17, 15) is 15.0 Å². The molecule has 3 rings (SSSR count). The Labute approximate surface area is 162 Å². The van der Waals surface area contributed by atoms with E-state index in [0.717, 1.165) is 64.1 Å². The number of nitrogens with zero attached hydrogens (tertiary/aromatic N) is 3. The number of hydrogen-bond donors (Lipinski definition) is 2. The molecule has 1 aromatic carbocycles. The summed E-state index contributed by atoms with van der Waals surface area (Å²) in [6.07, 6.45) is 3.10. The minimum atomic E-state index is 0.131. The number of carbonyl (C=O) groups is 1. The van der Waals surface area contributed by atoms with Gasteiger partial charge in [0.05, 0.1) is 6.42 Å². The maximum Gasteiger partial charge on any atom is 0.227 e. The number of likely N-dealkylation sites (N-methyl/N-ethyl adjacent to an activating group) is 1. The van der Waals surface area contributed by atoms with Crippen LogP contribution in [-0.2, 0) is 11.2 Å². The van der Waals surface area contributed by atoms with Crippen molar-refractivity contribution in [3.05, 3.63) is 29.8 Å². The first kappa shape index (κ1) is 20.1. The van der Waals surface area contributed by atoms with E-state index < -0.39 is 0 Å². The molecule has 6 nitrogen and oxygen atoms in total. The zero-order chi connectivity index (χ0) is 19.2. The maximum atomic E-state index is 12.8. The molecule has 2 N–H and O–H groups in total. The summed E-state index contributed by atoms with van der Waals surface area (Å²) in [6, 6.07) is 7.47. The Morgan fingerprint density at radius 3 is 2.67 bits per heavy atom. The first-order valence-electron chi connectivity index (χ1n) is 10.2. The largest absolute Gasteiger partial charge is 0.508 e. The molecule has 2 aliphatic heterocycles. The van der Waals surface area contributed by atoms with Crippen LogP contribution in [0.2, 0.25) is 0 Å². The van der Waals surface area contributed by atoms with E-state index in [1.54, 1.807) is 18.2 Å². The molecule has 1 amide bonds. The van der Waals surface area contributed by atoms with Crippen molar-refractivity contribution < 1.29 is 15.0 Å². The molecule has 2 aliphatic rings. The number of phenolic OH excluding ortho intramolecular Hbond substituents is 1. The molecule has 0 bridgehead atoms. The molecule has 0 aromatic heterocycles. The van der Waals surface area contributed by atoms with Crippen LogP contribution in [-0.4, -0.2) is 89.8 Å². The van der Waals surface area contributed by atoms with Crippen LogP contribution in [0.4, 0.5) is 0 Å². The minimum absolute atomic E-state index is 0.131. The Hall–Kier alpha value is -1.63. The molecule has 6 heteroatoms. The van der Waals surface area contributed by atoms with Crippen LogP contribution < -0.4 is 0 Å². The van der Waals surface area contributed by atoms with Gasteiger partial charge in [-0.05, 0) is 49.9 Å². The standard InChI is InChI=1S/C21H33N3O3/c1-22-9-11-23(12-10-22)20-7-8-24(16-18(20)5-3-13-25)21(27)15-17-4-2-6-19(26)14-17/h2,4,6,14,18,20,25-26H,3,5,7-13,15-16H2,1H3/t18-,20+/m1/s1. The van der Waals surface area contributed by atoms with Crippen molar-refractivity contribution in [2.75, 3.05) is 52.9 Å². The smallest absolute Gasteiger partial charge is 0.227 e. The molecule has 1 aromatic rings. The van der Waals surface area contributed by atoms with Crippen molar-refractivity contribution in [1.29, 1.82) is 0 Å². The fourth-order valence-corrected chi connectivity index (χ4v) is 4.47. The van der Waals surface area contributed by atoms with Gasteiger partial charge in [0.25, 0.3) is 0 Å². The zero-order valence-electron chi connectivity index (χ0n) is 16.4. The molecule has 2 atom stereocenters. The predicted octanol–water partition coefficient (Wildman–Crippen LogP) is 1.17. The molecule has 0 spiro atoms.